The van der Waals surface area contributed by atoms with E-state index in [1.54, 1.807) is 30.4 Å². The van der Waals surface area contributed by atoms with Crippen molar-refractivity contribution in [3.05, 3.63) is 82.9 Å². The molecule has 6 heteroatoms. The Labute approximate surface area is 165 Å². The molecule has 0 spiro atoms. The lowest BCUT2D eigenvalue weighted by Crippen LogP contribution is -2.30. The Bertz CT molecular complexity index is 943. The Kier molecular flexibility index (Phi) is 6.32. The summed E-state index contributed by atoms with van der Waals surface area (Å²) in [6, 6.07) is 13.9. The van der Waals surface area contributed by atoms with Crippen molar-refractivity contribution in [2.24, 2.45) is 0 Å². The molecular formula is C22H25N5O. The number of carbonyl (C=O) groups excluding carboxylic acids is 1. The van der Waals surface area contributed by atoms with Crippen molar-refractivity contribution in [2.45, 2.75) is 26.8 Å². The highest BCUT2D eigenvalue weighted by Crippen LogP contribution is 2.11. The number of nitrogens with one attached hydrogen (secondary N) is 1. The van der Waals surface area contributed by atoms with E-state index >= 15 is 0 Å². The summed E-state index contributed by atoms with van der Waals surface area (Å²) in [6.07, 6.45) is 4.29. The highest BCUT2D eigenvalue weighted by molar-refractivity contribution is 5.92. The summed E-state index contributed by atoms with van der Waals surface area (Å²) in [4.78, 5) is 27.3. The fraction of sp³-hybridized carbons (Fsp3) is 0.273. The molecule has 0 bridgehead atoms. The molecular weight excluding hydrogens is 350 g/mol. The molecule has 1 N–H and O–H groups in total. The van der Waals surface area contributed by atoms with Gasteiger partial charge >= 0.3 is 0 Å². The van der Waals surface area contributed by atoms with E-state index in [0.29, 0.717) is 24.7 Å². The molecule has 144 valence electrons. The van der Waals surface area contributed by atoms with E-state index in [1.807, 2.05) is 25.1 Å². The van der Waals surface area contributed by atoms with E-state index < -0.39 is 0 Å². The number of benzene rings is 1. The molecule has 6 nitrogen and oxygen atoms in total. The average Bonchev–Trinajstić information content (AvgIpc) is 2.70. The van der Waals surface area contributed by atoms with Crippen LogP contribution in [-0.2, 0) is 13.0 Å². The summed E-state index contributed by atoms with van der Waals surface area (Å²) >= 11 is 0. The molecule has 0 fully saturated rings. The molecule has 0 saturated carbocycles. The van der Waals surface area contributed by atoms with Crippen molar-refractivity contribution < 1.29 is 4.79 Å². The number of likely N-dealkylation sites (N-methyl/N-ethyl adjacent to an activating group) is 1. The number of amides is 1. The molecule has 0 saturated heterocycles. The first-order valence-electron chi connectivity index (χ1n) is 9.31. The molecule has 0 aliphatic rings. The SMILES string of the molecule is Cc1cccc(CNc2nc(C)cc(C(=O)N(C)CCc3ccncc3)n2)c1. The van der Waals surface area contributed by atoms with Crippen LogP contribution in [0.15, 0.2) is 54.9 Å². The van der Waals surface area contributed by atoms with E-state index in [0.717, 1.165) is 23.2 Å². The maximum atomic E-state index is 12.8. The molecule has 28 heavy (non-hydrogen) atoms. The van der Waals surface area contributed by atoms with Crippen LogP contribution in [0.4, 0.5) is 5.95 Å². The van der Waals surface area contributed by atoms with Gasteiger partial charge in [0.05, 0.1) is 0 Å². The van der Waals surface area contributed by atoms with E-state index in [4.69, 9.17) is 0 Å². The zero-order chi connectivity index (χ0) is 19.9. The molecule has 3 rings (SSSR count). The van der Waals surface area contributed by atoms with E-state index in [9.17, 15) is 4.79 Å². The number of hydrogen-bond donors (Lipinski definition) is 1. The zero-order valence-electron chi connectivity index (χ0n) is 16.5. The minimum absolute atomic E-state index is 0.113. The van der Waals surface area contributed by atoms with Gasteiger partial charge in [0.2, 0.25) is 5.95 Å². The number of carbonyl (C=O) groups is 1. The summed E-state index contributed by atoms with van der Waals surface area (Å²) in [6.45, 7) is 5.15. The summed E-state index contributed by atoms with van der Waals surface area (Å²) < 4.78 is 0. The van der Waals surface area contributed by atoms with Crippen molar-refractivity contribution in [2.75, 3.05) is 18.9 Å². The predicted octanol–water partition coefficient (Wildman–Crippen LogP) is 3.42. The van der Waals surface area contributed by atoms with Crippen LogP contribution < -0.4 is 5.32 Å². The first-order chi connectivity index (χ1) is 13.5. The monoisotopic (exact) mass is 375 g/mol. The molecule has 0 aliphatic carbocycles. The van der Waals surface area contributed by atoms with Crippen LogP contribution in [0, 0.1) is 13.8 Å². The van der Waals surface area contributed by atoms with Crippen LogP contribution >= 0.6 is 0 Å². The van der Waals surface area contributed by atoms with Crippen molar-refractivity contribution in [1.82, 2.24) is 19.9 Å². The third kappa shape index (κ3) is 5.36. The van der Waals surface area contributed by atoms with E-state index in [-0.39, 0.29) is 5.91 Å². The van der Waals surface area contributed by atoms with Crippen LogP contribution in [0.25, 0.3) is 0 Å². The fourth-order valence-corrected chi connectivity index (χ4v) is 2.90. The van der Waals surface area contributed by atoms with Gasteiger partial charge in [-0.3, -0.25) is 9.78 Å². The minimum atomic E-state index is -0.113. The first kappa shape index (κ1) is 19.5. The van der Waals surface area contributed by atoms with Crippen LogP contribution in [0.2, 0.25) is 0 Å². The molecule has 1 aromatic carbocycles. The Balaban J connectivity index is 1.65. The van der Waals surface area contributed by atoms with E-state index in [2.05, 4.69) is 45.4 Å². The first-order valence-corrected chi connectivity index (χ1v) is 9.31. The molecule has 3 aromatic rings. The van der Waals surface area contributed by atoms with Crippen LogP contribution in [0.1, 0.15) is 32.9 Å². The van der Waals surface area contributed by atoms with Crippen LogP contribution in [0.3, 0.4) is 0 Å². The Hall–Kier alpha value is -3.28. The second-order valence-electron chi connectivity index (χ2n) is 6.89. The number of aromatic nitrogens is 3. The predicted molar refractivity (Wildman–Crippen MR) is 110 cm³/mol. The van der Waals surface area contributed by atoms with Gasteiger partial charge in [-0.25, -0.2) is 9.97 Å². The van der Waals surface area contributed by atoms with Gasteiger partial charge in [-0.15, -0.1) is 0 Å². The number of aryl methyl sites for hydroxylation is 2. The van der Waals surface area contributed by atoms with Gasteiger partial charge < -0.3 is 10.2 Å². The molecule has 1 amide bonds. The molecule has 2 aromatic heterocycles. The summed E-state index contributed by atoms with van der Waals surface area (Å²) in [5.41, 5.74) is 4.65. The normalized spacial score (nSPS) is 10.5. The van der Waals surface area contributed by atoms with Crippen molar-refractivity contribution in [1.29, 1.82) is 0 Å². The van der Waals surface area contributed by atoms with E-state index in [1.165, 1.54) is 5.56 Å². The minimum Gasteiger partial charge on any atom is -0.350 e. The van der Waals surface area contributed by atoms with Crippen molar-refractivity contribution in [3.8, 4) is 0 Å². The average molecular weight is 375 g/mol. The lowest BCUT2D eigenvalue weighted by Gasteiger charge is -2.17. The van der Waals surface area contributed by atoms with Gasteiger partial charge in [-0.1, -0.05) is 29.8 Å². The fourth-order valence-electron chi connectivity index (χ4n) is 2.90. The maximum absolute atomic E-state index is 12.8. The number of anilines is 1. The lowest BCUT2D eigenvalue weighted by molar-refractivity contribution is 0.0790. The smallest absolute Gasteiger partial charge is 0.272 e. The Morgan fingerprint density at radius 1 is 1.04 bits per heavy atom. The summed E-state index contributed by atoms with van der Waals surface area (Å²) in [5, 5.41) is 3.22. The van der Waals surface area contributed by atoms with Gasteiger partial charge in [0.15, 0.2) is 0 Å². The molecule has 0 radical (unpaired) electrons. The van der Waals surface area contributed by atoms with Crippen LogP contribution in [0.5, 0.6) is 0 Å². The number of nitrogens with zero attached hydrogens (tertiary/aromatic N) is 4. The second kappa shape index (κ2) is 9.08. The van der Waals surface area contributed by atoms with Crippen molar-refractivity contribution in [3.63, 3.8) is 0 Å². The number of rotatable bonds is 7. The third-order valence-electron chi connectivity index (χ3n) is 4.44. The number of pyridine rings is 1. The zero-order valence-corrected chi connectivity index (χ0v) is 16.5. The molecule has 0 aliphatic heterocycles. The quantitative estimate of drug-likeness (QED) is 0.685. The van der Waals surface area contributed by atoms with Gasteiger partial charge in [0.25, 0.3) is 5.91 Å². The molecule has 0 atom stereocenters. The Morgan fingerprint density at radius 3 is 2.57 bits per heavy atom. The molecule has 2 heterocycles. The second-order valence-corrected chi connectivity index (χ2v) is 6.89. The summed E-state index contributed by atoms with van der Waals surface area (Å²) in [5.74, 6) is 0.352. The van der Waals surface area contributed by atoms with Gasteiger partial charge in [0.1, 0.15) is 5.69 Å². The standard InChI is InChI=1S/C22H25N5O/c1-16-5-4-6-19(13-16)15-24-22-25-17(2)14-20(26-22)21(28)27(3)12-9-18-7-10-23-11-8-18/h4-8,10-11,13-14H,9,12,15H2,1-3H3,(H,24,25,26). The van der Waals surface area contributed by atoms with Crippen molar-refractivity contribution >= 4 is 11.9 Å². The highest BCUT2D eigenvalue weighted by atomic mass is 16.2. The molecule has 0 unspecified atom stereocenters. The highest BCUT2D eigenvalue weighted by Gasteiger charge is 2.15. The maximum Gasteiger partial charge on any atom is 0.272 e. The topological polar surface area (TPSA) is 71.0 Å². The van der Waals surface area contributed by atoms with Crippen LogP contribution in [-0.4, -0.2) is 39.4 Å². The summed E-state index contributed by atoms with van der Waals surface area (Å²) in [7, 11) is 1.79. The lowest BCUT2D eigenvalue weighted by atomic mass is 10.1. The largest absolute Gasteiger partial charge is 0.350 e. The third-order valence-corrected chi connectivity index (χ3v) is 4.44. The number of hydrogen-bond acceptors (Lipinski definition) is 5. The van der Waals surface area contributed by atoms with Gasteiger partial charge in [-0.2, -0.15) is 0 Å². The van der Waals surface area contributed by atoms with Gasteiger partial charge in [0, 0.05) is 38.2 Å². The Morgan fingerprint density at radius 2 is 1.82 bits per heavy atom. The van der Waals surface area contributed by atoms with Gasteiger partial charge in [-0.05, 0) is 49.6 Å².